The molecule has 0 spiro atoms. The van der Waals surface area contributed by atoms with Crippen LogP contribution in [-0.4, -0.2) is 25.4 Å². The number of hydrogen-bond acceptors (Lipinski definition) is 3. The second kappa shape index (κ2) is 6.09. The molecule has 0 aliphatic rings. The maximum absolute atomic E-state index is 11.8. The zero-order valence-electron chi connectivity index (χ0n) is 9.37. The predicted molar refractivity (Wildman–Crippen MR) is 58.1 cm³/mol. The second-order valence-corrected chi connectivity index (χ2v) is 3.40. The third-order valence-electron chi connectivity index (χ3n) is 1.81. The van der Waals surface area contributed by atoms with Crippen LogP contribution in [0.5, 0.6) is 5.75 Å². The van der Waals surface area contributed by atoms with Crippen molar-refractivity contribution in [3.8, 4) is 5.75 Å². The van der Waals surface area contributed by atoms with Crippen molar-refractivity contribution in [1.82, 2.24) is 0 Å². The number of carbonyl (C=O) groups is 1. The molecule has 3 nitrogen and oxygen atoms in total. The number of ether oxygens (including phenoxy) is 2. The Morgan fingerprint density at radius 2 is 1.83 bits per heavy atom. The lowest BCUT2D eigenvalue weighted by Crippen LogP contribution is -2.22. The lowest BCUT2D eigenvalue weighted by Gasteiger charge is -2.10. The molecule has 0 fully saturated rings. The number of halogens is 3. The highest BCUT2D eigenvalue weighted by molar-refractivity contribution is 5.88. The number of rotatable bonds is 5. The molecule has 0 aromatic heterocycles. The molecule has 0 N–H and O–H groups in total. The van der Waals surface area contributed by atoms with Crippen LogP contribution >= 0.6 is 0 Å². The SMILES string of the molecule is C=C(COc1ccccc1)C(=O)OCC(F)(F)F. The van der Waals surface area contributed by atoms with Crippen molar-refractivity contribution in [3.63, 3.8) is 0 Å². The molecule has 0 aliphatic carbocycles. The first-order chi connectivity index (χ1) is 8.38. The molecule has 0 saturated heterocycles. The van der Waals surface area contributed by atoms with Crippen molar-refractivity contribution < 1.29 is 27.4 Å². The molecule has 0 unspecified atom stereocenters. The summed E-state index contributed by atoms with van der Waals surface area (Å²) in [4.78, 5) is 11.1. The minimum absolute atomic E-state index is 0.178. The molecule has 0 atom stereocenters. The molecular formula is C12H11F3O3. The highest BCUT2D eigenvalue weighted by Crippen LogP contribution is 2.15. The average molecular weight is 260 g/mol. The summed E-state index contributed by atoms with van der Waals surface area (Å²) in [7, 11) is 0. The Morgan fingerprint density at radius 1 is 1.22 bits per heavy atom. The highest BCUT2D eigenvalue weighted by atomic mass is 19.4. The lowest BCUT2D eigenvalue weighted by molar-refractivity contribution is -0.183. The Balaban J connectivity index is 2.35. The first-order valence-electron chi connectivity index (χ1n) is 4.98. The number of carbonyl (C=O) groups excluding carboxylic acids is 1. The van der Waals surface area contributed by atoms with Crippen molar-refractivity contribution in [2.75, 3.05) is 13.2 Å². The van der Waals surface area contributed by atoms with Crippen molar-refractivity contribution in [2.45, 2.75) is 6.18 Å². The zero-order chi connectivity index (χ0) is 13.6. The van der Waals surface area contributed by atoms with Crippen LogP contribution in [0, 0.1) is 0 Å². The van der Waals surface area contributed by atoms with E-state index in [1.165, 1.54) is 0 Å². The van der Waals surface area contributed by atoms with Crippen LogP contribution < -0.4 is 4.74 Å². The normalized spacial score (nSPS) is 10.8. The van der Waals surface area contributed by atoms with Crippen LogP contribution in [0.4, 0.5) is 13.2 Å². The van der Waals surface area contributed by atoms with Gasteiger partial charge in [0.15, 0.2) is 6.61 Å². The van der Waals surface area contributed by atoms with Gasteiger partial charge in [0.25, 0.3) is 0 Å². The Labute approximate surface area is 102 Å². The van der Waals surface area contributed by atoms with Gasteiger partial charge in [-0.25, -0.2) is 4.79 Å². The van der Waals surface area contributed by atoms with E-state index >= 15 is 0 Å². The molecule has 0 heterocycles. The molecule has 0 saturated carbocycles. The topological polar surface area (TPSA) is 35.5 Å². The Kier molecular flexibility index (Phi) is 4.76. The summed E-state index contributed by atoms with van der Waals surface area (Å²) in [5.41, 5.74) is -0.178. The van der Waals surface area contributed by atoms with Gasteiger partial charge in [0.1, 0.15) is 12.4 Å². The Bertz CT molecular complexity index is 412. The van der Waals surface area contributed by atoms with Crippen LogP contribution in [0.2, 0.25) is 0 Å². The van der Waals surface area contributed by atoms with Gasteiger partial charge in [0.2, 0.25) is 0 Å². The first kappa shape index (κ1) is 14.1. The number of hydrogen-bond donors (Lipinski definition) is 0. The Morgan fingerprint density at radius 3 is 2.39 bits per heavy atom. The minimum atomic E-state index is -4.55. The smallest absolute Gasteiger partial charge is 0.422 e. The van der Waals surface area contributed by atoms with Gasteiger partial charge < -0.3 is 9.47 Å². The van der Waals surface area contributed by atoms with Gasteiger partial charge in [-0.3, -0.25) is 0 Å². The summed E-state index contributed by atoms with van der Waals surface area (Å²) < 4.78 is 44.5. The van der Waals surface area contributed by atoms with Crippen molar-refractivity contribution in [1.29, 1.82) is 0 Å². The lowest BCUT2D eigenvalue weighted by atomic mass is 10.3. The molecule has 1 rings (SSSR count). The van der Waals surface area contributed by atoms with E-state index in [0.717, 1.165) is 0 Å². The highest BCUT2D eigenvalue weighted by Gasteiger charge is 2.30. The van der Waals surface area contributed by atoms with E-state index in [2.05, 4.69) is 11.3 Å². The zero-order valence-corrected chi connectivity index (χ0v) is 9.37. The molecule has 0 amide bonds. The van der Waals surface area contributed by atoms with Gasteiger partial charge in [-0.05, 0) is 12.1 Å². The Hall–Kier alpha value is -1.98. The maximum atomic E-state index is 11.8. The summed E-state index contributed by atoms with van der Waals surface area (Å²) in [6.07, 6.45) is -4.55. The fraction of sp³-hybridized carbons (Fsp3) is 0.250. The van der Waals surface area contributed by atoms with Crippen molar-refractivity contribution >= 4 is 5.97 Å². The quantitative estimate of drug-likeness (QED) is 0.603. The summed E-state index contributed by atoms with van der Waals surface area (Å²) in [5, 5.41) is 0. The van der Waals surface area contributed by atoms with Gasteiger partial charge in [-0.2, -0.15) is 13.2 Å². The van der Waals surface area contributed by atoms with Crippen LogP contribution in [0.25, 0.3) is 0 Å². The second-order valence-electron chi connectivity index (χ2n) is 3.40. The third kappa shape index (κ3) is 5.38. The maximum Gasteiger partial charge on any atom is 0.422 e. The van der Waals surface area contributed by atoms with Gasteiger partial charge in [-0.15, -0.1) is 0 Å². The molecule has 0 aliphatic heterocycles. The molecule has 18 heavy (non-hydrogen) atoms. The van der Waals surface area contributed by atoms with Crippen molar-refractivity contribution in [3.05, 3.63) is 42.5 Å². The van der Waals surface area contributed by atoms with E-state index in [-0.39, 0.29) is 12.2 Å². The molecule has 0 bridgehead atoms. The molecule has 0 radical (unpaired) electrons. The fourth-order valence-electron chi connectivity index (χ4n) is 0.996. The van der Waals surface area contributed by atoms with Crippen LogP contribution in [0.3, 0.4) is 0 Å². The van der Waals surface area contributed by atoms with E-state index in [1.807, 2.05) is 0 Å². The monoisotopic (exact) mass is 260 g/mol. The predicted octanol–water partition coefficient (Wildman–Crippen LogP) is 2.73. The fourth-order valence-corrected chi connectivity index (χ4v) is 0.996. The van der Waals surface area contributed by atoms with Gasteiger partial charge >= 0.3 is 12.1 Å². The number of benzene rings is 1. The standard InChI is InChI=1S/C12H11F3O3/c1-9(11(16)18-8-12(13,14)15)7-17-10-5-3-2-4-6-10/h2-6H,1,7-8H2. The average Bonchev–Trinajstić information content (AvgIpc) is 2.33. The van der Waals surface area contributed by atoms with Crippen LogP contribution in [0.15, 0.2) is 42.5 Å². The largest absolute Gasteiger partial charge is 0.489 e. The van der Waals surface area contributed by atoms with E-state index in [4.69, 9.17) is 4.74 Å². The summed E-state index contributed by atoms with van der Waals surface area (Å²) in [6, 6.07) is 8.52. The molecule has 1 aromatic rings. The third-order valence-corrected chi connectivity index (χ3v) is 1.81. The number of para-hydroxylation sites is 1. The molecular weight excluding hydrogens is 249 g/mol. The number of esters is 1. The summed E-state index contributed by atoms with van der Waals surface area (Å²) in [6.45, 7) is 1.45. The molecule has 1 aromatic carbocycles. The van der Waals surface area contributed by atoms with E-state index < -0.39 is 18.8 Å². The van der Waals surface area contributed by atoms with Gasteiger partial charge in [-0.1, -0.05) is 24.8 Å². The summed E-state index contributed by atoms with van der Waals surface area (Å²) in [5.74, 6) is -0.634. The first-order valence-corrected chi connectivity index (χ1v) is 4.98. The van der Waals surface area contributed by atoms with Crippen LogP contribution in [-0.2, 0) is 9.53 Å². The minimum Gasteiger partial charge on any atom is -0.489 e. The van der Waals surface area contributed by atoms with E-state index in [9.17, 15) is 18.0 Å². The molecule has 6 heteroatoms. The van der Waals surface area contributed by atoms with E-state index in [0.29, 0.717) is 5.75 Å². The summed E-state index contributed by atoms with van der Waals surface area (Å²) >= 11 is 0. The van der Waals surface area contributed by atoms with Gasteiger partial charge in [0, 0.05) is 0 Å². The van der Waals surface area contributed by atoms with Gasteiger partial charge in [0.05, 0.1) is 5.57 Å². The van der Waals surface area contributed by atoms with Crippen molar-refractivity contribution in [2.24, 2.45) is 0 Å². The van der Waals surface area contributed by atoms with Crippen LogP contribution in [0.1, 0.15) is 0 Å². The number of alkyl halides is 3. The van der Waals surface area contributed by atoms with E-state index in [1.54, 1.807) is 30.3 Å². The molecule has 98 valence electrons.